The first kappa shape index (κ1) is 29.1. The Morgan fingerprint density at radius 2 is 1.78 bits per heavy atom. The van der Waals surface area contributed by atoms with Crippen LogP contribution in [0.25, 0.3) is 10.9 Å². The molecule has 1 aliphatic carbocycles. The first-order chi connectivity index (χ1) is 19.9. The van der Waals surface area contributed by atoms with Gasteiger partial charge in [-0.2, -0.15) is 0 Å². The molecule has 2 fully saturated rings. The fourth-order valence-corrected chi connectivity index (χ4v) is 6.78. The zero-order valence-electron chi connectivity index (χ0n) is 24.5. The van der Waals surface area contributed by atoms with Crippen LogP contribution in [0, 0.1) is 17.7 Å². The van der Waals surface area contributed by atoms with E-state index in [1.807, 2.05) is 36.4 Å². The number of ether oxygens (including phenoxy) is 1. The van der Waals surface area contributed by atoms with Crippen molar-refractivity contribution >= 4 is 23.2 Å². The Labute approximate surface area is 242 Å². The highest BCUT2D eigenvalue weighted by atomic mass is 19.1. The number of piperidine rings is 1. The topological polar surface area (TPSA) is 68.1 Å². The summed E-state index contributed by atoms with van der Waals surface area (Å²) in [6.45, 7) is 7.20. The molecule has 1 saturated carbocycles. The van der Waals surface area contributed by atoms with Gasteiger partial charge in [0.2, 0.25) is 0 Å². The summed E-state index contributed by atoms with van der Waals surface area (Å²) in [5, 5.41) is 7.71. The molecular weight excluding hydrogens is 519 g/mol. The number of nitrogens with one attached hydrogen (secondary N) is 1. The summed E-state index contributed by atoms with van der Waals surface area (Å²) in [5.41, 5.74) is 3.48. The van der Waals surface area contributed by atoms with Gasteiger partial charge in [0.15, 0.2) is 0 Å². The molecule has 0 atom stereocenters. The molecule has 1 aliphatic heterocycles. The van der Waals surface area contributed by atoms with Crippen molar-refractivity contribution in [3.05, 3.63) is 71.2 Å². The third-order valence-corrected chi connectivity index (χ3v) is 9.07. The highest BCUT2D eigenvalue weighted by Gasteiger charge is 2.32. The van der Waals surface area contributed by atoms with Crippen LogP contribution in [-0.4, -0.2) is 48.0 Å². The number of oxime groups is 1. The fraction of sp³-hybridized carbons (Fsp3) is 0.515. The molecule has 1 saturated heterocycles. The lowest BCUT2D eigenvalue weighted by Gasteiger charge is -2.42. The van der Waals surface area contributed by atoms with Crippen LogP contribution in [0.5, 0.6) is 0 Å². The molecule has 2 aliphatic rings. The van der Waals surface area contributed by atoms with Gasteiger partial charge in [-0.05, 0) is 74.1 Å². The van der Waals surface area contributed by atoms with E-state index in [0.29, 0.717) is 6.04 Å². The zero-order chi connectivity index (χ0) is 28.8. The van der Waals surface area contributed by atoms with Gasteiger partial charge < -0.3 is 24.4 Å². The minimum atomic E-state index is -0.502. The summed E-state index contributed by atoms with van der Waals surface area (Å²) >= 11 is 0. The van der Waals surface area contributed by atoms with Crippen LogP contribution in [-0.2, 0) is 22.7 Å². The molecular formula is C33H43FN4O3. The maximum Gasteiger partial charge on any atom is 0.407 e. The van der Waals surface area contributed by atoms with E-state index in [1.54, 1.807) is 12.3 Å². The number of carbonyl (C=O) groups excluding carboxylic acids is 1. The molecule has 2 heterocycles. The molecule has 0 spiro atoms. The average Bonchev–Trinajstić information content (AvgIpc) is 3.30. The maximum absolute atomic E-state index is 14.5. The number of rotatable bonds is 9. The van der Waals surface area contributed by atoms with Gasteiger partial charge in [-0.15, -0.1) is 0 Å². The van der Waals surface area contributed by atoms with E-state index in [2.05, 4.69) is 33.8 Å². The number of hydrogen-bond donors (Lipinski definition) is 1. The number of hydrogen-bond acceptors (Lipinski definition) is 5. The quantitative estimate of drug-likeness (QED) is 0.224. The lowest BCUT2D eigenvalue weighted by atomic mass is 9.79. The van der Waals surface area contributed by atoms with Crippen LogP contribution in [0.3, 0.4) is 0 Å². The molecule has 1 N–H and O–H groups in total. The van der Waals surface area contributed by atoms with Crippen molar-refractivity contribution in [2.24, 2.45) is 17.0 Å². The van der Waals surface area contributed by atoms with E-state index in [-0.39, 0.29) is 25.0 Å². The molecule has 220 valence electrons. The number of halogens is 1. The predicted molar refractivity (Wildman–Crippen MR) is 160 cm³/mol. The van der Waals surface area contributed by atoms with Gasteiger partial charge in [-0.1, -0.05) is 49.3 Å². The number of amides is 1. The average molecular weight is 563 g/mol. The molecule has 0 bridgehead atoms. The van der Waals surface area contributed by atoms with Crippen LogP contribution < -0.4 is 5.32 Å². The Hall–Kier alpha value is -3.39. The molecule has 3 aromatic rings. The minimum absolute atomic E-state index is 0.191. The number of alkyl carbamates (subject to hydrolysis) is 1. The first-order valence-corrected chi connectivity index (χ1v) is 15.0. The van der Waals surface area contributed by atoms with E-state index >= 15 is 0 Å². The number of carbonyl (C=O) groups is 1. The summed E-state index contributed by atoms with van der Waals surface area (Å²) in [7, 11) is 1.49. The van der Waals surface area contributed by atoms with E-state index in [0.717, 1.165) is 65.5 Å². The smallest absolute Gasteiger partial charge is 0.407 e. The number of fused-ring (bicyclic) bond motifs is 1. The second-order valence-electron chi connectivity index (χ2n) is 11.8. The second-order valence-corrected chi connectivity index (χ2v) is 11.8. The molecule has 1 aromatic heterocycles. The van der Waals surface area contributed by atoms with Crippen molar-refractivity contribution in [2.45, 2.75) is 77.6 Å². The van der Waals surface area contributed by atoms with Gasteiger partial charge in [-0.25, -0.2) is 9.18 Å². The van der Waals surface area contributed by atoms with E-state index < -0.39 is 6.09 Å². The van der Waals surface area contributed by atoms with Gasteiger partial charge in [-0.3, -0.25) is 0 Å². The standard InChI is InChI=1S/C33H43FN4O3/c1-23(2)25-9-12-27(13-10-25)37-17-15-28(16-18-37)38-31-14-11-26(34)19-29(31)30(20-36-40-3)32(38)21-35-33(39)41-22-24-7-5-4-6-8-24/h4-8,11,14,19-20,23,25,27-28H,9-10,12-13,15-18,21-22H2,1-3H3,(H,35,39)/b36-20-. The van der Waals surface area contributed by atoms with E-state index in [9.17, 15) is 9.18 Å². The van der Waals surface area contributed by atoms with Crippen molar-refractivity contribution in [3.63, 3.8) is 0 Å². The van der Waals surface area contributed by atoms with Crippen molar-refractivity contribution in [1.82, 2.24) is 14.8 Å². The third kappa shape index (κ3) is 6.92. The summed E-state index contributed by atoms with van der Waals surface area (Å²) in [6.07, 6.45) is 8.34. The first-order valence-electron chi connectivity index (χ1n) is 15.0. The minimum Gasteiger partial charge on any atom is -0.445 e. The molecule has 8 heteroatoms. The Bertz CT molecular complexity index is 1320. The number of aromatic nitrogens is 1. The van der Waals surface area contributed by atoms with Gasteiger partial charge in [0, 0.05) is 47.3 Å². The van der Waals surface area contributed by atoms with Crippen LogP contribution in [0.4, 0.5) is 9.18 Å². The third-order valence-electron chi connectivity index (χ3n) is 9.07. The number of benzene rings is 2. The summed E-state index contributed by atoms with van der Waals surface area (Å²) < 4.78 is 22.2. The molecule has 0 radical (unpaired) electrons. The van der Waals surface area contributed by atoms with Crippen molar-refractivity contribution in [1.29, 1.82) is 0 Å². The normalized spacial score (nSPS) is 20.6. The molecule has 41 heavy (non-hydrogen) atoms. The predicted octanol–water partition coefficient (Wildman–Crippen LogP) is 7.04. The number of likely N-dealkylation sites (tertiary alicyclic amines) is 1. The number of nitrogens with zero attached hydrogens (tertiary/aromatic N) is 3. The highest BCUT2D eigenvalue weighted by molar-refractivity contribution is 6.01. The lowest BCUT2D eigenvalue weighted by Crippen LogP contribution is -2.44. The zero-order valence-corrected chi connectivity index (χ0v) is 24.5. The second kappa shape index (κ2) is 13.5. The molecule has 5 rings (SSSR count). The summed E-state index contributed by atoms with van der Waals surface area (Å²) in [6, 6.07) is 15.4. The van der Waals surface area contributed by atoms with Crippen LogP contribution in [0.2, 0.25) is 0 Å². The summed E-state index contributed by atoms with van der Waals surface area (Å²) in [4.78, 5) is 20.4. The Kier molecular flexibility index (Phi) is 9.60. The monoisotopic (exact) mass is 562 g/mol. The molecule has 7 nitrogen and oxygen atoms in total. The Morgan fingerprint density at radius 1 is 1.05 bits per heavy atom. The molecule has 1 amide bonds. The fourth-order valence-electron chi connectivity index (χ4n) is 6.78. The van der Waals surface area contributed by atoms with Crippen molar-refractivity contribution in [2.75, 3.05) is 20.2 Å². The Balaban J connectivity index is 1.34. The molecule has 2 aromatic carbocycles. The van der Waals surface area contributed by atoms with Gasteiger partial charge >= 0.3 is 6.09 Å². The van der Waals surface area contributed by atoms with Crippen LogP contribution in [0.15, 0.2) is 53.7 Å². The lowest BCUT2D eigenvalue weighted by molar-refractivity contribution is 0.0888. The molecule has 0 unspecified atom stereocenters. The van der Waals surface area contributed by atoms with Gasteiger partial charge in [0.1, 0.15) is 19.5 Å². The van der Waals surface area contributed by atoms with Crippen molar-refractivity contribution in [3.8, 4) is 0 Å². The highest BCUT2D eigenvalue weighted by Crippen LogP contribution is 2.37. The summed E-state index contributed by atoms with van der Waals surface area (Å²) in [5.74, 6) is 1.32. The van der Waals surface area contributed by atoms with Crippen LogP contribution in [0.1, 0.15) is 75.2 Å². The van der Waals surface area contributed by atoms with Crippen molar-refractivity contribution < 1.29 is 18.8 Å². The van der Waals surface area contributed by atoms with Gasteiger partial charge in [0.25, 0.3) is 0 Å². The van der Waals surface area contributed by atoms with E-state index in [1.165, 1.54) is 38.9 Å². The largest absolute Gasteiger partial charge is 0.445 e. The SMILES string of the molecule is CO/N=C\c1c(CNC(=O)OCc2ccccc2)n(C2CCN(C3CCC(C(C)C)CC3)CC2)c2ccc(F)cc12. The van der Waals surface area contributed by atoms with E-state index in [4.69, 9.17) is 9.57 Å². The van der Waals surface area contributed by atoms with Gasteiger partial charge in [0.05, 0.1) is 12.8 Å². The Morgan fingerprint density at radius 3 is 2.46 bits per heavy atom. The van der Waals surface area contributed by atoms with Crippen LogP contribution >= 0.6 is 0 Å². The maximum atomic E-state index is 14.5.